The van der Waals surface area contributed by atoms with Crippen LogP contribution < -0.4 is 10.1 Å². The smallest absolute Gasteiger partial charge is 0.135 e. The van der Waals surface area contributed by atoms with E-state index < -0.39 is 0 Å². The highest BCUT2D eigenvalue weighted by molar-refractivity contribution is 5.88. The van der Waals surface area contributed by atoms with Gasteiger partial charge in [-0.05, 0) is 36.7 Å². The molecule has 0 unspecified atom stereocenters. The molecule has 0 bridgehead atoms. The van der Waals surface area contributed by atoms with E-state index in [9.17, 15) is 4.39 Å². The zero-order valence-corrected chi connectivity index (χ0v) is 11.8. The average molecular weight is 281 g/mol. The van der Waals surface area contributed by atoms with Gasteiger partial charge < -0.3 is 10.1 Å². The summed E-state index contributed by atoms with van der Waals surface area (Å²) in [5.74, 6) is 1.18. The molecule has 0 heterocycles. The minimum atomic E-state index is -0.259. The van der Waals surface area contributed by atoms with E-state index in [-0.39, 0.29) is 5.82 Å². The molecule has 0 spiro atoms. The Hall–Kier alpha value is -2.39. The van der Waals surface area contributed by atoms with Crippen LogP contribution in [0.1, 0.15) is 5.56 Å². The fraction of sp³-hybridized carbons (Fsp3) is 0.111. The Morgan fingerprint density at radius 3 is 2.62 bits per heavy atom. The number of hydrogen-bond donors (Lipinski definition) is 1. The van der Waals surface area contributed by atoms with Gasteiger partial charge in [0.2, 0.25) is 0 Å². The molecule has 0 aliphatic heterocycles. The molecule has 2 nitrogen and oxygen atoms in total. The molecule has 0 saturated heterocycles. The summed E-state index contributed by atoms with van der Waals surface area (Å²) in [6.45, 7) is 0.553. The quantitative estimate of drug-likeness (QED) is 0.760. The van der Waals surface area contributed by atoms with Gasteiger partial charge in [0.15, 0.2) is 0 Å². The van der Waals surface area contributed by atoms with Crippen LogP contribution in [0.3, 0.4) is 0 Å². The Kier molecular flexibility index (Phi) is 3.84. The van der Waals surface area contributed by atoms with Crippen molar-refractivity contribution in [2.75, 3.05) is 7.05 Å². The lowest BCUT2D eigenvalue weighted by atomic mass is 10.1. The van der Waals surface area contributed by atoms with Crippen LogP contribution in [0.2, 0.25) is 0 Å². The number of benzene rings is 3. The van der Waals surface area contributed by atoms with Crippen molar-refractivity contribution in [1.82, 2.24) is 5.32 Å². The van der Waals surface area contributed by atoms with E-state index in [1.807, 2.05) is 49.5 Å². The Labute approximate surface area is 123 Å². The number of rotatable bonds is 4. The van der Waals surface area contributed by atoms with Crippen LogP contribution in [-0.2, 0) is 6.54 Å². The summed E-state index contributed by atoms with van der Waals surface area (Å²) in [5, 5.41) is 5.19. The zero-order chi connectivity index (χ0) is 14.7. The van der Waals surface area contributed by atoms with Crippen molar-refractivity contribution < 1.29 is 9.13 Å². The van der Waals surface area contributed by atoms with Crippen LogP contribution in [0.4, 0.5) is 4.39 Å². The molecule has 1 N–H and O–H groups in total. The maximum absolute atomic E-state index is 13.4. The third-order valence-corrected chi connectivity index (χ3v) is 3.36. The SMILES string of the molecule is CNCc1cc(F)ccc1Oc1cccc2ccccc12. The summed E-state index contributed by atoms with van der Waals surface area (Å²) in [7, 11) is 1.83. The summed E-state index contributed by atoms with van der Waals surface area (Å²) in [5.41, 5.74) is 0.797. The number of halogens is 1. The first-order chi connectivity index (χ1) is 10.3. The van der Waals surface area contributed by atoms with Gasteiger partial charge in [-0.2, -0.15) is 0 Å². The highest BCUT2D eigenvalue weighted by atomic mass is 19.1. The lowest BCUT2D eigenvalue weighted by Crippen LogP contribution is -2.06. The number of hydrogen-bond acceptors (Lipinski definition) is 2. The monoisotopic (exact) mass is 281 g/mol. The number of fused-ring (bicyclic) bond motifs is 1. The highest BCUT2D eigenvalue weighted by Crippen LogP contribution is 2.31. The van der Waals surface area contributed by atoms with Gasteiger partial charge in [-0.25, -0.2) is 4.39 Å². The van der Waals surface area contributed by atoms with Crippen molar-refractivity contribution in [1.29, 1.82) is 0 Å². The second-order valence-electron chi connectivity index (χ2n) is 4.86. The molecule has 3 heteroatoms. The van der Waals surface area contributed by atoms with Crippen LogP contribution >= 0.6 is 0 Å². The van der Waals surface area contributed by atoms with E-state index in [2.05, 4.69) is 5.32 Å². The first-order valence-electron chi connectivity index (χ1n) is 6.86. The summed E-state index contributed by atoms with van der Waals surface area (Å²) < 4.78 is 19.4. The van der Waals surface area contributed by atoms with Crippen LogP contribution in [0.5, 0.6) is 11.5 Å². The molecule has 0 atom stereocenters. The molecule has 0 aromatic heterocycles. The van der Waals surface area contributed by atoms with Crippen molar-refractivity contribution >= 4 is 10.8 Å². The molecule has 0 aliphatic rings. The van der Waals surface area contributed by atoms with E-state index in [0.29, 0.717) is 12.3 Å². The van der Waals surface area contributed by atoms with E-state index in [1.54, 1.807) is 6.07 Å². The normalized spacial score (nSPS) is 10.8. The fourth-order valence-electron chi connectivity index (χ4n) is 2.38. The maximum Gasteiger partial charge on any atom is 0.135 e. The minimum absolute atomic E-state index is 0.259. The molecule has 106 valence electrons. The third-order valence-electron chi connectivity index (χ3n) is 3.36. The van der Waals surface area contributed by atoms with Crippen molar-refractivity contribution in [3.8, 4) is 11.5 Å². The van der Waals surface area contributed by atoms with E-state index >= 15 is 0 Å². The molecule has 0 radical (unpaired) electrons. The number of nitrogens with one attached hydrogen (secondary N) is 1. The first-order valence-corrected chi connectivity index (χ1v) is 6.86. The lowest BCUT2D eigenvalue weighted by molar-refractivity contribution is 0.477. The minimum Gasteiger partial charge on any atom is -0.456 e. The summed E-state index contributed by atoms with van der Waals surface area (Å²) in [6, 6.07) is 18.5. The van der Waals surface area contributed by atoms with Gasteiger partial charge in [-0.3, -0.25) is 0 Å². The standard InChI is InChI=1S/C18H16FNO/c1-20-12-14-11-15(19)9-10-17(14)21-18-8-4-6-13-5-2-3-7-16(13)18/h2-11,20H,12H2,1H3. The Morgan fingerprint density at radius 1 is 0.952 bits per heavy atom. The largest absolute Gasteiger partial charge is 0.456 e. The van der Waals surface area contributed by atoms with Gasteiger partial charge in [0.05, 0.1) is 0 Å². The summed E-state index contributed by atoms with van der Waals surface area (Å²) in [6.07, 6.45) is 0. The first kappa shape index (κ1) is 13.6. The van der Waals surface area contributed by atoms with Gasteiger partial charge in [-0.15, -0.1) is 0 Å². The average Bonchev–Trinajstić information content (AvgIpc) is 2.50. The summed E-state index contributed by atoms with van der Waals surface area (Å²) in [4.78, 5) is 0. The molecular formula is C18H16FNO. The Morgan fingerprint density at radius 2 is 1.76 bits per heavy atom. The van der Waals surface area contributed by atoms with Gasteiger partial charge in [0.1, 0.15) is 17.3 Å². The van der Waals surface area contributed by atoms with Gasteiger partial charge >= 0.3 is 0 Å². The van der Waals surface area contributed by atoms with Crippen LogP contribution in [0.25, 0.3) is 10.8 Å². The molecule has 3 aromatic rings. The molecule has 21 heavy (non-hydrogen) atoms. The fourth-order valence-corrected chi connectivity index (χ4v) is 2.38. The van der Waals surface area contributed by atoms with Crippen molar-refractivity contribution in [3.05, 3.63) is 72.0 Å². The third kappa shape index (κ3) is 2.88. The van der Waals surface area contributed by atoms with Gasteiger partial charge in [0.25, 0.3) is 0 Å². The molecule has 0 amide bonds. The lowest BCUT2D eigenvalue weighted by Gasteiger charge is -2.13. The summed E-state index contributed by atoms with van der Waals surface area (Å²) >= 11 is 0. The molecular weight excluding hydrogens is 265 g/mol. The van der Waals surface area contributed by atoms with Gasteiger partial charge in [0, 0.05) is 17.5 Å². The Bertz CT molecular complexity index is 765. The predicted molar refractivity (Wildman–Crippen MR) is 83.2 cm³/mol. The van der Waals surface area contributed by atoms with Gasteiger partial charge in [-0.1, -0.05) is 36.4 Å². The Balaban J connectivity index is 2.02. The zero-order valence-electron chi connectivity index (χ0n) is 11.8. The van der Waals surface area contributed by atoms with Crippen LogP contribution in [0, 0.1) is 5.82 Å². The molecule has 0 saturated carbocycles. The van der Waals surface area contributed by atoms with Crippen molar-refractivity contribution in [3.63, 3.8) is 0 Å². The molecule has 3 rings (SSSR count). The van der Waals surface area contributed by atoms with Crippen LogP contribution in [0.15, 0.2) is 60.7 Å². The molecule has 0 aliphatic carbocycles. The molecule has 3 aromatic carbocycles. The van der Waals surface area contributed by atoms with Crippen molar-refractivity contribution in [2.45, 2.75) is 6.54 Å². The van der Waals surface area contributed by atoms with E-state index in [4.69, 9.17) is 4.74 Å². The van der Waals surface area contributed by atoms with Crippen molar-refractivity contribution in [2.24, 2.45) is 0 Å². The van der Waals surface area contributed by atoms with E-state index in [1.165, 1.54) is 12.1 Å². The second-order valence-corrected chi connectivity index (χ2v) is 4.86. The maximum atomic E-state index is 13.4. The number of ether oxygens (including phenoxy) is 1. The second kappa shape index (κ2) is 5.94. The highest BCUT2D eigenvalue weighted by Gasteiger charge is 2.08. The predicted octanol–water partition coefficient (Wildman–Crippen LogP) is 4.49. The van der Waals surface area contributed by atoms with Crippen LogP contribution in [-0.4, -0.2) is 7.05 Å². The van der Waals surface area contributed by atoms with E-state index in [0.717, 1.165) is 22.1 Å². The topological polar surface area (TPSA) is 21.3 Å². The molecule has 0 fully saturated rings.